The van der Waals surface area contributed by atoms with Crippen molar-refractivity contribution in [1.82, 2.24) is 0 Å². The number of allylic oxidation sites excluding steroid dienone is 1. The Kier molecular flexibility index (Phi) is 3.85. The predicted octanol–water partition coefficient (Wildman–Crippen LogP) is 4.02. The molecule has 0 N–H and O–H groups in total. The first-order valence-electron chi connectivity index (χ1n) is 4.65. The lowest BCUT2D eigenvalue weighted by atomic mass is 9.72. The Morgan fingerprint density at radius 3 is 2.09 bits per heavy atom. The van der Waals surface area contributed by atoms with Crippen LogP contribution in [0.25, 0.3) is 0 Å². The van der Waals surface area contributed by atoms with Gasteiger partial charge in [0.2, 0.25) is 0 Å². The molecule has 0 heteroatoms. The molecule has 0 aliphatic heterocycles. The van der Waals surface area contributed by atoms with Crippen molar-refractivity contribution in [3.05, 3.63) is 12.2 Å². The lowest BCUT2D eigenvalue weighted by molar-refractivity contribution is 0.273. The molecule has 0 bridgehead atoms. The third kappa shape index (κ3) is 2.36. The van der Waals surface area contributed by atoms with E-state index in [4.69, 9.17) is 0 Å². The standard InChI is InChI=1S/C11H22/c1-7-9(3)11(5,6)10(4)8-2/h10H,3,7-8H2,1-2,4-6H3/t10-/m0/s1. The molecular weight excluding hydrogens is 132 g/mol. The van der Waals surface area contributed by atoms with Crippen LogP contribution < -0.4 is 0 Å². The molecule has 0 amide bonds. The van der Waals surface area contributed by atoms with Crippen LogP contribution in [0.5, 0.6) is 0 Å². The highest BCUT2D eigenvalue weighted by Gasteiger charge is 2.26. The number of hydrogen-bond acceptors (Lipinski definition) is 0. The fourth-order valence-electron chi connectivity index (χ4n) is 1.31. The van der Waals surface area contributed by atoms with Gasteiger partial charge >= 0.3 is 0 Å². The molecule has 0 aromatic rings. The van der Waals surface area contributed by atoms with Gasteiger partial charge in [-0.2, -0.15) is 0 Å². The van der Waals surface area contributed by atoms with E-state index in [1.54, 1.807) is 0 Å². The van der Waals surface area contributed by atoms with Crippen LogP contribution in [0.1, 0.15) is 47.5 Å². The molecule has 0 aromatic carbocycles. The van der Waals surface area contributed by atoms with Gasteiger partial charge in [0.25, 0.3) is 0 Å². The zero-order chi connectivity index (χ0) is 9.07. The molecule has 0 radical (unpaired) electrons. The van der Waals surface area contributed by atoms with Crippen molar-refractivity contribution >= 4 is 0 Å². The lowest BCUT2D eigenvalue weighted by Crippen LogP contribution is -2.22. The molecule has 1 atom stereocenters. The maximum Gasteiger partial charge on any atom is -0.0122 e. The van der Waals surface area contributed by atoms with E-state index < -0.39 is 0 Å². The van der Waals surface area contributed by atoms with E-state index in [0.717, 1.165) is 12.3 Å². The molecule has 0 heterocycles. The van der Waals surface area contributed by atoms with Crippen LogP contribution in [0.4, 0.5) is 0 Å². The molecule has 0 nitrogen and oxygen atoms in total. The molecule has 0 unspecified atom stereocenters. The van der Waals surface area contributed by atoms with Gasteiger partial charge in [0, 0.05) is 0 Å². The van der Waals surface area contributed by atoms with Crippen LogP contribution in [0.2, 0.25) is 0 Å². The van der Waals surface area contributed by atoms with Crippen molar-refractivity contribution in [1.29, 1.82) is 0 Å². The summed E-state index contributed by atoms with van der Waals surface area (Å²) in [5.74, 6) is 0.745. The number of rotatable bonds is 4. The molecule has 0 spiro atoms. The van der Waals surface area contributed by atoms with Crippen molar-refractivity contribution in [3.63, 3.8) is 0 Å². The van der Waals surface area contributed by atoms with Crippen LogP contribution in [-0.4, -0.2) is 0 Å². The van der Waals surface area contributed by atoms with Gasteiger partial charge in [0.15, 0.2) is 0 Å². The Hall–Kier alpha value is -0.260. The highest BCUT2D eigenvalue weighted by Crippen LogP contribution is 2.36. The monoisotopic (exact) mass is 154 g/mol. The summed E-state index contributed by atoms with van der Waals surface area (Å²) in [4.78, 5) is 0. The van der Waals surface area contributed by atoms with E-state index in [9.17, 15) is 0 Å². The van der Waals surface area contributed by atoms with Crippen molar-refractivity contribution in [2.75, 3.05) is 0 Å². The third-order valence-corrected chi connectivity index (χ3v) is 3.18. The highest BCUT2D eigenvalue weighted by molar-refractivity contribution is 5.07. The summed E-state index contributed by atoms with van der Waals surface area (Å²) < 4.78 is 0. The fourth-order valence-corrected chi connectivity index (χ4v) is 1.31. The molecular formula is C11H22. The molecule has 0 fully saturated rings. The normalized spacial score (nSPS) is 14.6. The first-order chi connectivity index (χ1) is 4.96. The first kappa shape index (κ1) is 10.7. The average molecular weight is 154 g/mol. The first-order valence-corrected chi connectivity index (χ1v) is 4.65. The second kappa shape index (κ2) is 3.94. The molecule has 0 aromatic heterocycles. The Morgan fingerprint density at radius 1 is 1.36 bits per heavy atom. The maximum absolute atomic E-state index is 4.11. The summed E-state index contributed by atoms with van der Waals surface area (Å²) in [6, 6.07) is 0. The SMILES string of the molecule is C=C(CC)C(C)(C)[C@@H](C)CC. The van der Waals surface area contributed by atoms with Crippen molar-refractivity contribution in [2.24, 2.45) is 11.3 Å². The van der Waals surface area contributed by atoms with Gasteiger partial charge in [-0.25, -0.2) is 0 Å². The van der Waals surface area contributed by atoms with E-state index in [1.807, 2.05) is 0 Å². The molecule has 0 aliphatic carbocycles. The minimum atomic E-state index is 0.323. The lowest BCUT2D eigenvalue weighted by Gasteiger charge is -2.33. The second-order valence-electron chi connectivity index (χ2n) is 3.99. The third-order valence-electron chi connectivity index (χ3n) is 3.18. The van der Waals surface area contributed by atoms with Gasteiger partial charge in [0.1, 0.15) is 0 Å². The van der Waals surface area contributed by atoms with Gasteiger partial charge in [-0.1, -0.05) is 53.2 Å². The maximum atomic E-state index is 4.11. The largest absolute Gasteiger partial charge is 0.0993 e. The summed E-state index contributed by atoms with van der Waals surface area (Å²) in [6.07, 6.45) is 2.35. The van der Waals surface area contributed by atoms with E-state index in [2.05, 4.69) is 41.2 Å². The topological polar surface area (TPSA) is 0 Å². The minimum absolute atomic E-state index is 0.323. The molecule has 0 saturated carbocycles. The van der Waals surface area contributed by atoms with Gasteiger partial charge in [-0.15, -0.1) is 0 Å². The smallest absolute Gasteiger partial charge is 0.0122 e. The van der Waals surface area contributed by atoms with Crippen LogP contribution >= 0.6 is 0 Å². The Morgan fingerprint density at radius 2 is 1.82 bits per heavy atom. The van der Waals surface area contributed by atoms with Gasteiger partial charge in [-0.3, -0.25) is 0 Å². The minimum Gasteiger partial charge on any atom is -0.0993 e. The summed E-state index contributed by atoms with van der Waals surface area (Å²) in [7, 11) is 0. The number of hydrogen-bond donors (Lipinski definition) is 0. The van der Waals surface area contributed by atoms with Gasteiger partial charge < -0.3 is 0 Å². The zero-order valence-corrected chi connectivity index (χ0v) is 8.70. The molecule has 66 valence electrons. The molecule has 0 rings (SSSR count). The van der Waals surface area contributed by atoms with Gasteiger partial charge in [0.05, 0.1) is 0 Å². The van der Waals surface area contributed by atoms with Crippen molar-refractivity contribution < 1.29 is 0 Å². The Balaban J connectivity index is 4.31. The van der Waals surface area contributed by atoms with Crippen LogP contribution in [0, 0.1) is 11.3 Å². The zero-order valence-electron chi connectivity index (χ0n) is 8.70. The van der Waals surface area contributed by atoms with E-state index in [0.29, 0.717) is 5.41 Å². The van der Waals surface area contributed by atoms with E-state index >= 15 is 0 Å². The summed E-state index contributed by atoms with van der Waals surface area (Å²) in [6.45, 7) is 15.4. The predicted molar refractivity (Wildman–Crippen MR) is 52.7 cm³/mol. The Labute approximate surface area is 71.7 Å². The Bertz CT molecular complexity index is 131. The fraction of sp³-hybridized carbons (Fsp3) is 0.818. The highest BCUT2D eigenvalue weighted by atomic mass is 14.3. The molecule has 0 aliphatic rings. The quantitative estimate of drug-likeness (QED) is 0.536. The van der Waals surface area contributed by atoms with Crippen molar-refractivity contribution in [2.45, 2.75) is 47.5 Å². The molecule has 11 heavy (non-hydrogen) atoms. The molecule has 0 saturated heterocycles. The second-order valence-corrected chi connectivity index (χ2v) is 3.99. The van der Waals surface area contributed by atoms with Crippen molar-refractivity contribution in [3.8, 4) is 0 Å². The van der Waals surface area contributed by atoms with Crippen LogP contribution in [0.15, 0.2) is 12.2 Å². The van der Waals surface area contributed by atoms with Crippen LogP contribution in [0.3, 0.4) is 0 Å². The summed E-state index contributed by atoms with van der Waals surface area (Å²) in [5, 5.41) is 0. The summed E-state index contributed by atoms with van der Waals surface area (Å²) >= 11 is 0. The van der Waals surface area contributed by atoms with Gasteiger partial charge in [-0.05, 0) is 17.8 Å². The summed E-state index contributed by atoms with van der Waals surface area (Å²) in [5.41, 5.74) is 1.70. The average Bonchev–Trinajstić information content (AvgIpc) is 2.01. The van der Waals surface area contributed by atoms with Crippen LogP contribution in [-0.2, 0) is 0 Å². The van der Waals surface area contributed by atoms with E-state index in [1.165, 1.54) is 12.0 Å². The van der Waals surface area contributed by atoms with E-state index in [-0.39, 0.29) is 0 Å².